The molecular weight excluding hydrogens is 204 g/mol. The summed E-state index contributed by atoms with van der Waals surface area (Å²) < 4.78 is 0. The van der Waals surface area contributed by atoms with Crippen molar-refractivity contribution in [3.8, 4) is 0 Å². The molecule has 0 aromatic heterocycles. The van der Waals surface area contributed by atoms with Gasteiger partial charge in [-0.25, -0.2) is 0 Å². The Kier molecular flexibility index (Phi) is 6.69. The minimum absolute atomic E-state index is 0.739. The van der Waals surface area contributed by atoms with Crippen LogP contribution in [0.25, 0.3) is 0 Å². The van der Waals surface area contributed by atoms with Gasteiger partial charge in [0.25, 0.3) is 0 Å². The van der Waals surface area contributed by atoms with Crippen LogP contribution in [-0.2, 0) is 0 Å². The summed E-state index contributed by atoms with van der Waals surface area (Å²) in [5.74, 6) is 1.25. The van der Waals surface area contributed by atoms with Crippen molar-refractivity contribution in [3.63, 3.8) is 0 Å². The third kappa shape index (κ3) is 5.79. The third-order valence-electron chi connectivity index (χ3n) is 3.11. The average molecular weight is 230 g/mol. The Balaban J connectivity index is 2.19. The molecule has 1 aliphatic carbocycles. The predicted molar refractivity (Wildman–Crippen MR) is 70.7 cm³/mol. The molecule has 15 heavy (non-hydrogen) atoms. The van der Waals surface area contributed by atoms with Crippen LogP contribution in [0, 0.1) is 0 Å². The Hall–Kier alpha value is 0.270. The molecule has 1 N–H and O–H groups in total. The molecule has 0 saturated heterocycles. The van der Waals surface area contributed by atoms with Crippen molar-refractivity contribution < 1.29 is 0 Å². The molecule has 90 valence electrons. The molecular formula is C12H26N2S. The first-order valence-electron chi connectivity index (χ1n) is 6.20. The van der Waals surface area contributed by atoms with Crippen LogP contribution in [0.4, 0.5) is 0 Å². The third-order valence-corrected chi connectivity index (χ3v) is 3.70. The fraction of sp³-hybridized carbons (Fsp3) is 1.00. The first-order chi connectivity index (χ1) is 7.27. The van der Waals surface area contributed by atoms with E-state index in [1.165, 1.54) is 44.5 Å². The lowest BCUT2D eigenvalue weighted by atomic mass is 10.1. The van der Waals surface area contributed by atoms with E-state index in [0.717, 1.165) is 12.1 Å². The summed E-state index contributed by atoms with van der Waals surface area (Å²) in [6, 6.07) is 1.58. The summed E-state index contributed by atoms with van der Waals surface area (Å²) >= 11 is 1.94. The zero-order chi connectivity index (χ0) is 11.1. The fourth-order valence-electron chi connectivity index (χ4n) is 1.82. The van der Waals surface area contributed by atoms with E-state index in [0.29, 0.717) is 0 Å². The number of nitrogens with zero attached hydrogens (tertiary/aromatic N) is 1. The zero-order valence-corrected chi connectivity index (χ0v) is 11.3. The molecule has 0 aromatic rings. The highest BCUT2D eigenvalue weighted by Crippen LogP contribution is 2.19. The zero-order valence-electron chi connectivity index (χ0n) is 10.5. The van der Waals surface area contributed by atoms with E-state index in [2.05, 4.69) is 30.4 Å². The summed E-state index contributed by atoms with van der Waals surface area (Å²) in [4.78, 5) is 2.52. The van der Waals surface area contributed by atoms with Gasteiger partial charge in [0, 0.05) is 30.9 Å². The average Bonchev–Trinajstić information content (AvgIpc) is 3.04. The van der Waals surface area contributed by atoms with Gasteiger partial charge in [-0.2, -0.15) is 11.8 Å². The summed E-state index contributed by atoms with van der Waals surface area (Å²) in [7, 11) is 2.27. The molecule has 1 aliphatic rings. The van der Waals surface area contributed by atoms with Crippen LogP contribution in [0.1, 0.15) is 32.6 Å². The lowest BCUT2D eigenvalue weighted by Gasteiger charge is -2.28. The van der Waals surface area contributed by atoms with Crippen molar-refractivity contribution >= 4 is 11.8 Å². The van der Waals surface area contributed by atoms with Crippen molar-refractivity contribution in [2.75, 3.05) is 32.1 Å². The molecule has 1 rings (SSSR count). The molecule has 0 aliphatic heterocycles. The van der Waals surface area contributed by atoms with Gasteiger partial charge in [-0.15, -0.1) is 0 Å². The molecule has 0 amide bonds. The number of rotatable bonds is 9. The van der Waals surface area contributed by atoms with Crippen molar-refractivity contribution in [1.82, 2.24) is 10.2 Å². The van der Waals surface area contributed by atoms with Crippen LogP contribution in [0.15, 0.2) is 0 Å². The number of thioether (sulfide) groups is 1. The number of hydrogen-bond acceptors (Lipinski definition) is 3. The van der Waals surface area contributed by atoms with Gasteiger partial charge in [0.05, 0.1) is 0 Å². The second-order valence-corrected chi connectivity index (χ2v) is 5.58. The SMILES string of the molecule is CCCC(CNC1CC1)N(C)CCSC. The Bertz CT molecular complexity index is 160. The number of likely N-dealkylation sites (N-methyl/N-ethyl adjacent to an activating group) is 1. The number of nitrogens with one attached hydrogen (secondary N) is 1. The molecule has 2 nitrogen and oxygen atoms in total. The first-order valence-corrected chi connectivity index (χ1v) is 7.59. The predicted octanol–water partition coefficient (Wildman–Crippen LogP) is 2.20. The van der Waals surface area contributed by atoms with Gasteiger partial charge in [0.1, 0.15) is 0 Å². The first kappa shape index (κ1) is 13.3. The molecule has 3 heteroatoms. The van der Waals surface area contributed by atoms with Crippen molar-refractivity contribution in [2.45, 2.75) is 44.7 Å². The van der Waals surface area contributed by atoms with Crippen LogP contribution in [0.5, 0.6) is 0 Å². The van der Waals surface area contributed by atoms with E-state index in [4.69, 9.17) is 0 Å². The summed E-state index contributed by atoms with van der Waals surface area (Å²) in [6.45, 7) is 4.69. The van der Waals surface area contributed by atoms with E-state index in [9.17, 15) is 0 Å². The minimum Gasteiger partial charge on any atom is -0.312 e. The molecule has 1 saturated carbocycles. The molecule has 0 heterocycles. The van der Waals surface area contributed by atoms with Crippen molar-refractivity contribution in [2.24, 2.45) is 0 Å². The molecule has 1 atom stereocenters. The normalized spacial score (nSPS) is 18.4. The van der Waals surface area contributed by atoms with E-state index in [1.54, 1.807) is 0 Å². The summed E-state index contributed by atoms with van der Waals surface area (Å²) in [6.07, 6.45) is 7.59. The van der Waals surface area contributed by atoms with Gasteiger partial charge in [-0.3, -0.25) is 0 Å². The van der Waals surface area contributed by atoms with Crippen LogP contribution in [0.2, 0.25) is 0 Å². The van der Waals surface area contributed by atoms with Crippen LogP contribution in [0.3, 0.4) is 0 Å². The maximum absolute atomic E-state index is 3.65. The highest BCUT2D eigenvalue weighted by Gasteiger charge is 2.22. The van der Waals surface area contributed by atoms with Crippen molar-refractivity contribution in [1.29, 1.82) is 0 Å². The fourth-order valence-corrected chi connectivity index (χ4v) is 2.29. The molecule has 0 aromatic carbocycles. The van der Waals surface area contributed by atoms with E-state index < -0.39 is 0 Å². The Morgan fingerprint density at radius 1 is 1.47 bits per heavy atom. The summed E-state index contributed by atoms with van der Waals surface area (Å²) in [5, 5.41) is 3.65. The Labute approximate surface area is 99.2 Å². The second kappa shape index (κ2) is 7.53. The van der Waals surface area contributed by atoms with Gasteiger partial charge in [0.15, 0.2) is 0 Å². The van der Waals surface area contributed by atoms with E-state index in [1.807, 2.05) is 11.8 Å². The molecule has 0 bridgehead atoms. The quantitative estimate of drug-likeness (QED) is 0.654. The van der Waals surface area contributed by atoms with Gasteiger partial charge in [-0.05, 0) is 32.6 Å². The molecule has 0 radical (unpaired) electrons. The van der Waals surface area contributed by atoms with Crippen LogP contribution in [-0.4, -0.2) is 49.1 Å². The second-order valence-electron chi connectivity index (χ2n) is 4.60. The highest BCUT2D eigenvalue weighted by molar-refractivity contribution is 7.98. The molecule has 0 spiro atoms. The molecule has 1 fully saturated rings. The Morgan fingerprint density at radius 3 is 2.73 bits per heavy atom. The highest BCUT2D eigenvalue weighted by atomic mass is 32.2. The van der Waals surface area contributed by atoms with Gasteiger partial charge >= 0.3 is 0 Å². The lowest BCUT2D eigenvalue weighted by molar-refractivity contribution is 0.234. The lowest BCUT2D eigenvalue weighted by Crippen LogP contribution is -2.41. The van der Waals surface area contributed by atoms with Gasteiger partial charge in [-0.1, -0.05) is 13.3 Å². The van der Waals surface area contributed by atoms with Gasteiger partial charge in [0.2, 0.25) is 0 Å². The topological polar surface area (TPSA) is 15.3 Å². The smallest absolute Gasteiger partial charge is 0.0217 e. The largest absolute Gasteiger partial charge is 0.312 e. The van der Waals surface area contributed by atoms with Crippen LogP contribution < -0.4 is 5.32 Å². The maximum Gasteiger partial charge on any atom is 0.0217 e. The van der Waals surface area contributed by atoms with E-state index >= 15 is 0 Å². The minimum atomic E-state index is 0.739. The standard InChI is InChI=1S/C12H26N2S/c1-4-5-12(10-13-11-6-7-11)14(2)8-9-15-3/h11-13H,4-10H2,1-3H3. The van der Waals surface area contributed by atoms with Crippen LogP contribution >= 0.6 is 11.8 Å². The Morgan fingerprint density at radius 2 is 2.20 bits per heavy atom. The van der Waals surface area contributed by atoms with Gasteiger partial charge < -0.3 is 10.2 Å². The van der Waals surface area contributed by atoms with Crippen molar-refractivity contribution in [3.05, 3.63) is 0 Å². The monoisotopic (exact) mass is 230 g/mol. The maximum atomic E-state index is 3.65. The van der Waals surface area contributed by atoms with E-state index in [-0.39, 0.29) is 0 Å². The number of hydrogen-bond donors (Lipinski definition) is 1. The molecule has 1 unspecified atom stereocenters. The summed E-state index contributed by atoms with van der Waals surface area (Å²) in [5.41, 5.74) is 0.